The molecule has 0 radical (unpaired) electrons. The molecule has 0 aliphatic carbocycles. The van der Waals surface area contributed by atoms with Gasteiger partial charge in [0.05, 0.1) is 19.8 Å². The molecule has 27 heteroatoms. The Morgan fingerprint density at radius 2 is 0.619 bits per heavy atom. The van der Waals surface area contributed by atoms with Crippen molar-refractivity contribution < 1.29 is 85.0 Å². The summed E-state index contributed by atoms with van der Waals surface area (Å²) in [6.07, 6.45) is 0. The van der Waals surface area contributed by atoms with E-state index >= 15 is 0 Å². The molecular weight excluding hydrogens is 696 g/mol. The second kappa shape index (κ2) is 15.6. The minimum atomic E-state index is -5.60. The van der Waals surface area contributed by atoms with Crippen LogP contribution < -0.4 is 0 Å². The second-order valence-corrected chi connectivity index (χ2v) is 20.7. The van der Waals surface area contributed by atoms with Gasteiger partial charge in [-0.25, -0.2) is 0 Å². The van der Waals surface area contributed by atoms with Crippen LogP contribution in [0.15, 0.2) is 0 Å². The summed E-state index contributed by atoms with van der Waals surface area (Å²) in [7, 11) is -32.4. The Morgan fingerprint density at radius 3 is 0.738 bits per heavy atom. The minimum Gasteiger partial charge on any atom is -0.323 e. The lowest BCUT2D eigenvalue weighted by Gasteiger charge is -2.36. The maximum Gasteiger partial charge on any atom is 0.357 e. The van der Waals surface area contributed by atoms with Gasteiger partial charge in [-0.1, -0.05) is 0 Å². The topological polar surface area (TPSA) is 322 Å². The average molecular weight is 735 g/mol. The normalized spacial score (nSPS) is 24.3. The Bertz CT molecular complexity index is 1030. The number of rotatable bonds is 15. The van der Waals surface area contributed by atoms with Crippen molar-refractivity contribution in [3.05, 3.63) is 0 Å². The van der Waals surface area contributed by atoms with Crippen molar-refractivity contribution in [2.75, 3.05) is 59.1 Å². The van der Waals surface area contributed by atoms with Crippen LogP contribution in [0.4, 0.5) is 0 Å². The van der Waals surface area contributed by atoms with Gasteiger partial charge in [0.25, 0.3) is 0 Å². The maximum absolute atomic E-state index is 12.9. The number of hydrogen-bond donors (Lipinski definition) is 9. The Labute approximate surface area is 241 Å². The molecule has 9 N–H and O–H groups in total. The molecule has 1 aliphatic heterocycles. The predicted octanol–water partition coefficient (Wildman–Crippen LogP) is -0.0444. The molecule has 0 amide bonds. The Morgan fingerprint density at radius 1 is 0.452 bits per heavy atom. The zero-order chi connectivity index (χ0) is 32.9. The van der Waals surface area contributed by atoms with E-state index in [0.717, 1.165) is 0 Å². The third-order valence-corrected chi connectivity index (χ3v) is 18.5. The largest absolute Gasteiger partial charge is 0.357 e. The standard InChI is InChI=1S/C15H39N3O18P6/c1-4-34-40(28,29)13(37(19,20)21)16-7-9-17(14(38(22,23)24)41(30,31)35-5-2)11-12-18(10-8-16)15(39(25,26)27)42(32,33)36-6-3/h13-15H,4-12H2,1-3H3,(H,28,29)(H,30,31)(H,32,33)(H2,19,20,21)(H2,22,23,24)(H2,25,26,27). The summed E-state index contributed by atoms with van der Waals surface area (Å²) in [6, 6.07) is 0. The van der Waals surface area contributed by atoms with Gasteiger partial charge in [0.1, 0.15) is 0 Å². The molecule has 1 rings (SSSR count). The average Bonchev–Trinajstić information content (AvgIpc) is 2.82. The molecule has 42 heavy (non-hydrogen) atoms. The van der Waals surface area contributed by atoms with Gasteiger partial charge in [-0.2, -0.15) is 0 Å². The molecule has 252 valence electrons. The SMILES string of the molecule is CCOP(=O)(O)C(N1CCN(C(P(=O)(O)O)P(=O)(O)OCC)CCN(C(P(=O)(O)O)P(=O)(O)OCC)CC1)P(=O)(O)O. The van der Waals surface area contributed by atoms with E-state index in [9.17, 15) is 71.4 Å². The summed E-state index contributed by atoms with van der Waals surface area (Å²) < 4.78 is 90.1. The van der Waals surface area contributed by atoms with E-state index in [1.54, 1.807) is 0 Å². The molecular formula is C15H39N3O18P6. The monoisotopic (exact) mass is 735 g/mol. The van der Waals surface area contributed by atoms with E-state index in [2.05, 4.69) is 0 Å². The van der Waals surface area contributed by atoms with E-state index in [1.807, 2.05) is 0 Å². The van der Waals surface area contributed by atoms with Crippen LogP contribution in [0.2, 0.25) is 0 Å². The van der Waals surface area contributed by atoms with Crippen LogP contribution >= 0.6 is 45.6 Å². The van der Waals surface area contributed by atoms with Gasteiger partial charge >= 0.3 is 45.6 Å². The van der Waals surface area contributed by atoms with Crippen LogP contribution in [-0.4, -0.2) is 134 Å². The smallest absolute Gasteiger partial charge is 0.323 e. The van der Waals surface area contributed by atoms with Crippen LogP contribution in [0.5, 0.6) is 0 Å². The molecule has 21 nitrogen and oxygen atoms in total. The predicted molar refractivity (Wildman–Crippen MR) is 147 cm³/mol. The van der Waals surface area contributed by atoms with Gasteiger partial charge in [-0.3, -0.25) is 42.1 Å². The first kappa shape index (κ1) is 40.8. The van der Waals surface area contributed by atoms with Crippen molar-refractivity contribution in [3.63, 3.8) is 0 Å². The van der Waals surface area contributed by atoms with E-state index in [0.29, 0.717) is 14.7 Å². The summed E-state index contributed by atoms with van der Waals surface area (Å²) >= 11 is 0. The highest BCUT2D eigenvalue weighted by Crippen LogP contribution is 2.67. The van der Waals surface area contributed by atoms with Crippen LogP contribution in [0.1, 0.15) is 20.8 Å². The molecule has 1 heterocycles. The first-order valence-corrected chi connectivity index (χ1v) is 22.1. The van der Waals surface area contributed by atoms with Crippen LogP contribution in [0.25, 0.3) is 0 Å². The van der Waals surface area contributed by atoms with Crippen molar-refractivity contribution in [2.45, 2.75) is 37.3 Å². The van der Waals surface area contributed by atoms with E-state index in [-0.39, 0.29) is 0 Å². The fourth-order valence-corrected chi connectivity index (χ4v) is 15.0. The highest BCUT2D eigenvalue weighted by Gasteiger charge is 2.54. The molecule has 0 spiro atoms. The lowest BCUT2D eigenvalue weighted by Crippen LogP contribution is -2.45. The Kier molecular flexibility index (Phi) is 15.1. The fraction of sp³-hybridized carbons (Fsp3) is 1.00. The molecule has 1 saturated heterocycles. The summed E-state index contributed by atoms with van der Waals surface area (Å²) in [6.45, 7) is -2.09. The molecule has 0 bridgehead atoms. The van der Waals surface area contributed by atoms with Gasteiger partial charge in [0.15, 0.2) is 0 Å². The fourth-order valence-electron chi connectivity index (χ4n) is 4.38. The summed E-state index contributed by atoms with van der Waals surface area (Å²) in [5, 5.41) is 0. The summed E-state index contributed by atoms with van der Waals surface area (Å²) in [4.78, 5) is 93.1. The Balaban J connectivity index is 3.89. The van der Waals surface area contributed by atoms with Gasteiger partial charge in [0.2, 0.25) is 16.6 Å². The first-order chi connectivity index (χ1) is 18.9. The molecule has 1 fully saturated rings. The molecule has 0 aromatic carbocycles. The zero-order valence-corrected chi connectivity index (χ0v) is 28.2. The molecule has 1 aliphatic rings. The summed E-state index contributed by atoms with van der Waals surface area (Å²) in [5.41, 5.74) is -7.85. The van der Waals surface area contributed by atoms with Crippen molar-refractivity contribution in [2.24, 2.45) is 0 Å². The highest BCUT2D eigenvalue weighted by atomic mass is 31.2. The van der Waals surface area contributed by atoms with Crippen LogP contribution in [0.3, 0.4) is 0 Å². The highest BCUT2D eigenvalue weighted by molar-refractivity contribution is 7.72. The molecule has 0 aromatic heterocycles. The van der Waals surface area contributed by atoms with Gasteiger partial charge in [-0.15, -0.1) is 0 Å². The lowest BCUT2D eigenvalue weighted by molar-refractivity contribution is 0.169. The summed E-state index contributed by atoms with van der Waals surface area (Å²) in [5.74, 6) is 0. The van der Waals surface area contributed by atoms with Crippen LogP contribution in [-0.2, 0) is 41.0 Å². The molecule has 6 atom stereocenters. The molecule has 0 aromatic rings. The third kappa shape index (κ3) is 11.2. The molecule has 6 unspecified atom stereocenters. The number of hydrogen-bond acceptors (Lipinski definition) is 12. The van der Waals surface area contributed by atoms with E-state index in [1.165, 1.54) is 20.8 Å². The zero-order valence-electron chi connectivity index (χ0n) is 22.8. The first-order valence-electron chi connectivity index (χ1n) is 12.2. The van der Waals surface area contributed by atoms with Crippen molar-refractivity contribution in [1.82, 2.24) is 14.7 Å². The van der Waals surface area contributed by atoms with E-state index in [4.69, 9.17) is 13.6 Å². The number of nitrogens with zero attached hydrogens (tertiary/aromatic N) is 3. The van der Waals surface area contributed by atoms with Crippen molar-refractivity contribution in [3.8, 4) is 0 Å². The second-order valence-electron chi connectivity index (χ2n) is 8.86. The van der Waals surface area contributed by atoms with Gasteiger partial charge < -0.3 is 57.6 Å². The quantitative estimate of drug-likeness (QED) is 0.0996. The maximum atomic E-state index is 12.9. The van der Waals surface area contributed by atoms with Gasteiger partial charge in [-0.05, 0) is 20.8 Å². The van der Waals surface area contributed by atoms with Gasteiger partial charge in [0, 0.05) is 39.3 Å². The van der Waals surface area contributed by atoms with Crippen molar-refractivity contribution in [1.29, 1.82) is 0 Å². The molecule has 0 saturated carbocycles. The van der Waals surface area contributed by atoms with E-state index < -0.39 is 121 Å². The Hall–Kier alpha value is 0.780. The minimum absolute atomic E-state index is 0.485. The van der Waals surface area contributed by atoms with Crippen molar-refractivity contribution >= 4 is 45.6 Å². The van der Waals surface area contributed by atoms with Crippen LogP contribution in [0, 0.1) is 0 Å². The lowest BCUT2D eigenvalue weighted by atomic mass is 10.5. The third-order valence-electron chi connectivity index (χ3n) is 5.72.